The topological polar surface area (TPSA) is 24.7 Å². The zero-order chi connectivity index (χ0) is 11.4. The van der Waals surface area contributed by atoms with Crippen LogP contribution in [-0.2, 0) is 12.8 Å². The van der Waals surface area contributed by atoms with Crippen molar-refractivity contribution < 1.29 is 0 Å². The molecule has 1 aliphatic carbocycles. The van der Waals surface area contributed by atoms with E-state index in [0.29, 0.717) is 0 Å². The van der Waals surface area contributed by atoms with Crippen molar-refractivity contribution in [2.24, 2.45) is 9.98 Å². The first-order valence-corrected chi connectivity index (χ1v) is 5.59. The summed E-state index contributed by atoms with van der Waals surface area (Å²) >= 11 is 0. The Morgan fingerprint density at radius 1 is 1.31 bits per heavy atom. The minimum absolute atomic E-state index is 0.773. The van der Waals surface area contributed by atoms with Crippen molar-refractivity contribution in [1.29, 1.82) is 0 Å². The summed E-state index contributed by atoms with van der Waals surface area (Å²) < 4.78 is 0. The van der Waals surface area contributed by atoms with E-state index in [9.17, 15) is 0 Å². The Labute approximate surface area is 96.4 Å². The third-order valence-electron chi connectivity index (χ3n) is 2.87. The third kappa shape index (κ3) is 2.11. The van der Waals surface area contributed by atoms with Gasteiger partial charge in [0.15, 0.2) is 5.84 Å². The van der Waals surface area contributed by atoms with Crippen molar-refractivity contribution in [2.45, 2.75) is 19.3 Å². The van der Waals surface area contributed by atoms with Gasteiger partial charge in [-0.15, -0.1) is 0 Å². The molecule has 82 valence electrons. The highest BCUT2D eigenvalue weighted by molar-refractivity contribution is 6.04. The second-order valence-corrected chi connectivity index (χ2v) is 3.90. The number of rotatable bonds is 2. The van der Waals surface area contributed by atoms with Gasteiger partial charge in [0.25, 0.3) is 0 Å². The number of aliphatic imine (C=N–C) groups is 2. The highest BCUT2D eigenvalue weighted by atomic mass is 14.9. The number of allylic oxidation sites excluding steroid dienone is 1. The van der Waals surface area contributed by atoms with Crippen LogP contribution in [0.25, 0.3) is 0 Å². The van der Waals surface area contributed by atoms with Crippen molar-refractivity contribution in [3.63, 3.8) is 0 Å². The fourth-order valence-corrected chi connectivity index (χ4v) is 2.10. The molecule has 1 aromatic rings. The molecule has 0 atom stereocenters. The van der Waals surface area contributed by atoms with Crippen LogP contribution in [0, 0.1) is 0 Å². The summed E-state index contributed by atoms with van der Waals surface area (Å²) in [5, 5.41) is 0. The van der Waals surface area contributed by atoms with E-state index in [4.69, 9.17) is 0 Å². The molecule has 2 heteroatoms. The van der Waals surface area contributed by atoms with E-state index >= 15 is 0 Å². The predicted octanol–water partition coefficient (Wildman–Crippen LogP) is 2.81. The number of hydrogen-bond acceptors (Lipinski definition) is 1. The van der Waals surface area contributed by atoms with E-state index in [-0.39, 0.29) is 0 Å². The van der Waals surface area contributed by atoms with Gasteiger partial charge in [-0.3, -0.25) is 4.99 Å². The molecule has 0 amide bonds. The lowest BCUT2D eigenvalue weighted by atomic mass is 10.1. The maximum atomic E-state index is 4.26. The first kappa shape index (κ1) is 10.8. The van der Waals surface area contributed by atoms with Crippen molar-refractivity contribution in [3.05, 3.63) is 47.5 Å². The van der Waals surface area contributed by atoms with Crippen LogP contribution < -0.4 is 0 Å². The largest absolute Gasteiger partial charge is 0.270 e. The SMILES string of the molecule is C=CC=NC(=NC)c1ccc2c(c1)CCC2. The van der Waals surface area contributed by atoms with Gasteiger partial charge in [-0.05, 0) is 36.5 Å². The normalized spacial score (nSPS) is 15.4. The molecular weight excluding hydrogens is 196 g/mol. The lowest BCUT2D eigenvalue weighted by Crippen LogP contribution is -1.98. The molecule has 2 rings (SSSR count). The Balaban J connectivity index is 2.33. The van der Waals surface area contributed by atoms with Crippen molar-refractivity contribution in [2.75, 3.05) is 7.05 Å². The molecule has 2 nitrogen and oxygen atoms in total. The van der Waals surface area contributed by atoms with Gasteiger partial charge in [0.2, 0.25) is 0 Å². The Morgan fingerprint density at radius 2 is 2.12 bits per heavy atom. The fraction of sp³-hybridized carbons (Fsp3) is 0.286. The molecule has 0 spiro atoms. The zero-order valence-corrected chi connectivity index (χ0v) is 9.61. The molecule has 0 aliphatic heterocycles. The highest BCUT2D eigenvalue weighted by Crippen LogP contribution is 2.23. The number of amidine groups is 1. The second-order valence-electron chi connectivity index (χ2n) is 3.90. The quantitative estimate of drug-likeness (QED) is 0.532. The van der Waals surface area contributed by atoms with Gasteiger partial charge in [-0.1, -0.05) is 24.8 Å². The van der Waals surface area contributed by atoms with Crippen molar-refractivity contribution in [1.82, 2.24) is 0 Å². The first-order chi connectivity index (χ1) is 7.85. The van der Waals surface area contributed by atoms with Crippen LogP contribution in [-0.4, -0.2) is 19.1 Å². The van der Waals surface area contributed by atoms with Crippen LogP contribution in [0.2, 0.25) is 0 Å². The predicted molar refractivity (Wildman–Crippen MR) is 69.6 cm³/mol. The number of benzene rings is 1. The maximum absolute atomic E-state index is 4.26. The van der Waals surface area contributed by atoms with E-state index in [1.807, 2.05) is 0 Å². The highest BCUT2D eigenvalue weighted by Gasteiger charge is 2.12. The maximum Gasteiger partial charge on any atom is 0.154 e. The average molecular weight is 212 g/mol. The first-order valence-electron chi connectivity index (χ1n) is 5.59. The molecule has 0 saturated carbocycles. The number of aryl methyl sites for hydroxylation is 2. The molecule has 0 radical (unpaired) electrons. The summed E-state index contributed by atoms with van der Waals surface area (Å²) in [6.45, 7) is 3.61. The third-order valence-corrected chi connectivity index (χ3v) is 2.87. The van der Waals surface area contributed by atoms with Gasteiger partial charge in [0, 0.05) is 18.8 Å². The van der Waals surface area contributed by atoms with E-state index in [1.165, 1.54) is 30.4 Å². The standard InChI is InChI=1S/C14H16N2/c1-3-9-16-14(15-2)13-8-7-11-5-4-6-12(11)10-13/h3,7-10H,1,4-6H2,2H3. The van der Waals surface area contributed by atoms with Gasteiger partial charge >= 0.3 is 0 Å². The van der Waals surface area contributed by atoms with Gasteiger partial charge in [-0.2, -0.15) is 0 Å². The van der Waals surface area contributed by atoms with Gasteiger partial charge in [0.1, 0.15) is 0 Å². The summed E-state index contributed by atoms with van der Waals surface area (Å²) in [4.78, 5) is 8.46. The minimum Gasteiger partial charge on any atom is -0.270 e. The van der Waals surface area contributed by atoms with Crippen molar-refractivity contribution in [3.8, 4) is 0 Å². The molecule has 0 unspecified atom stereocenters. The number of nitrogens with zero attached hydrogens (tertiary/aromatic N) is 2. The summed E-state index contributed by atoms with van der Waals surface area (Å²) in [6.07, 6.45) is 7.01. The van der Waals surface area contributed by atoms with Gasteiger partial charge in [0.05, 0.1) is 0 Å². The molecule has 1 aliphatic rings. The van der Waals surface area contributed by atoms with Crippen molar-refractivity contribution >= 4 is 12.1 Å². The summed E-state index contributed by atoms with van der Waals surface area (Å²) in [5.74, 6) is 0.773. The molecular formula is C14H16N2. The molecule has 0 fully saturated rings. The summed E-state index contributed by atoms with van der Waals surface area (Å²) in [7, 11) is 1.77. The summed E-state index contributed by atoms with van der Waals surface area (Å²) in [6, 6.07) is 6.52. The molecule has 0 aromatic heterocycles. The molecule has 16 heavy (non-hydrogen) atoms. The number of hydrogen-bond donors (Lipinski definition) is 0. The Morgan fingerprint density at radius 3 is 2.88 bits per heavy atom. The average Bonchev–Trinajstić information content (AvgIpc) is 2.77. The Bertz CT molecular complexity index is 456. The number of fused-ring (bicyclic) bond motifs is 1. The monoisotopic (exact) mass is 212 g/mol. The lowest BCUT2D eigenvalue weighted by molar-refractivity contribution is 0.912. The minimum atomic E-state index is 0.773. The molecule has 1 aromatic carbocycles. The Kier molecular flexibility index (Phi) is 3.30. The van der Waals surface area contributed by atoms with Crippen LogP contribution in [0.4, 0.5) is 0 Å². The summed E-state index contributed by atoms with van der Waals surface area (Å²) in [5.41, 5.74) is 4.03. The second kappa shape index (κ2) is 4.88. The van der Waals surface area contributed by atoms with Crippen LogP contribution in [0.15, 0.2) is 40.8 Å². The van der Waals surface area contributed by atoms with Gasteiger partial charge in [-0.25, -0.2) is 4.99 Å². The smallest absolute Gasteiger partial charge is 0.154 e. The van der Waals surface area contributed by atoms with E-state index in [1.54, 1.807) is 19.3 Å². The zero-order valence-electron chi connectivity index (χ0n) is 9.61. The molecule has 0 bridgehead atoms. The van der Waals surface area contributed by atoms with Crippen LogP contribution in [0.3, 0.4) is 0 Å². The Hall–Kier alpha value is -1.70. The van der Waals surface area contributed by atoms with Crippen LogP contribution in [0.1, 0.15) is 23.1 Å². The fourth-order valence-electron chi connectivity index (χ4n) is 2.10. The molecule has 0 heterocycles. The molecule has 0 saturated heterocycles. The lowest BCUT2D eigenvalue weighted by Gasteiger charge is -2.03. The van der Waals surface area contributed by atoms with E-state index < -0.39 is 0 Å². The molecule has 0 N–H and O–H groups in total. The van der Waals surface area contributed by atoms with Crippen LogP contribution >= 0.6 is 0 Å². The van der Waals surface area contributed by atoms with E-state index in [0.717, 1.165) is 11.4 Å². The van der Waals surface area contributed by atoms with E-state index in [2.05, 4.69) is 34.8 Å². The van der Waals surface area contributed by atoms with Gasteiger partial charge < -0.3 is 0 Å². The van der Waals surface area contributed by atoms with Crippen LogP contribution in [0.5, 0.6) is 0 Å².